The number of amides is 1. The first-order valence-corrected chi connectivity index (χ1v) is 9.03. The first kappa shape index (κ1) is 17.7. The Morgan fingerprint density at radius 2 is 2.00 bits per heavy atom. The molecule has 1 amide bonds. The van der Waals surface area contributed by atoms with Crippen LogP contribution in [0.15, 0.2) is 36.4 Å². The summed E-state index contributed by atoms with van der Waals surface area (Å²) in [7, 11) is 0. The molecule has 0 N–H and O–H groups in total. The lowest BCUT2D eigenvalue weighted by Crippen LogP contribution is -2.49. The molecule has 1 aliphatic heterocycles. The van der Waals surface area contributed by atoms with Crippen LogP contribution in [0, 0.1) is 12.8 Å². The molecule has 5 heteroatoms. The van der Waals surface area contributed by atoms with Crippen molar-refractivity contribution in [3.05, 3.63) is 53.3 Å². The average Bonchev–Trinajstić information content (AvgIpc) is 3.02. The number of nitrogens with zero attached hydrogens (tertiary/aromatic N) is 3. The molecule has 1 aliphatic rings. The van der Waals surface area contributed by atoms with Crippen molar-refractivity contribution >= 4 is 5.91 Å². The van der Waals surface area contributed by atoms with Crippen molar-refractivity contribution in [2.75, 3.05) is 13.1 Å². The van der Waals surface area contributed by atoms with Crippen LogP contribution in [0.4, 0.5) is 0 Å². The minimum Gasteiger partial charge on any atom is -0.366 e. The molecule has 134 valence electrons. The highest BCUT2D eigenvalue weighted by Crippen LogP contribution is 2.29. The van der Waals surface area contributed by atoms with E-state index in [0.717, 1.165) is 11.3 Å². The summed E-state index contributed by atoms with van der Waals surface area (Å²) in [6.07, 6.45) is -0.0626. The van der Waals surface area contributed by atoms with Crippen molar-refractivity contribution in [1.82, 2.24) is 14.7 Å². The molecule has 0 aliphatic carbocycles. The van der Waals surface area contributed by atoms with Gasteiger partial charge >= 0.3 is 0 Å². The largest absolute Gasteiger partial charge is 0.366 e. The van der Waals surface area contributed by atoms with Gasteiger partial charge in [-0.1, -0.05) is 44.2 Å². The van der Waals surface area contributed by atoms with Gasteiger partial charge in [-0.2, -0.15) is 5.10 Å². The molecule has 0 radical (unpaired) electrons. The normalized spacial score (nSPS) is 20.9. The number of carbonyl (C=O) groups excluding carboxylic acids is 1. The Morgan fingerprint density at radius 3 is 2.64 bits per heavy atom. The van der Waals surface area contributed by atoms with Crippen molar-refractivity contribution in [3.8, 4) is 0 Å². The fourth-order valence-electron chi connectivity index (χ4n) is 3.30. The number of carbonyl (C=O) groups is 1. The average molecular weight is 341 g/mol. The maximum Gasteiger partial charge on any atom is 0.272 e. The van der Waals surface area contributed by atoms with E-state index < -0.39 is 0 Å². The third-order valence-corrected chi connectivity index (χ3v) is 4.75. The van der Waals surface area contributed by atoms with Gasteiger partial charge in [-0.25, -0.2) is 0 Å². The van der Waals surface area contributed by atoms with Gasteiger partial charge in [0.1, 0.15) is 11.8 Å². The second-order valence-electron chi connectivity index (χ2n) is 7.01. The SMILES string of the molecule is CCn1nc(C)cc1C(=O)N1C[C@@H](c2ccccc2)O[C@@H](C(C)C)C1. The van der Waals surface area contributed by atoms with E-state index in [0.29, 0.717) is 31.2 Å². The number of morpholine rings is 1. The number of aryl methyl sites for hydroxylation is 2. The molecule has 2 aromatic rings. The van der Waals surface area contributed by atoms with Crippen molar-refractivity contribution < 1.29 is 9.53 Å². The highest BCUT2D eigenvalue weighted by molar-refractivity contribution is 5.92. The summed E-state index contributed by atoms with van der Waals surface area (Å²) < 4.78 is 8.08. The predicted molar refractivity (Wildman–Crippen MR) is 97.4 cm³/mol. The molecular weight excluding hydrogens is 314 g/mol. The number of hydrogen-bond acceptors (Lipinski definition) is 3. The van der Waals surface area contributed by atoms with Crippen molar-refractivity contribution in [1.29, 1.82) is 0 Å². The Hall–Kier alpha value is -2.14. The van der Waals surface area contributed by atoms with Gasteiger partial charge in [0.05, 0.1) is 18.3 Å². The minimum atomic E-state index is -0.0922. The van der Waals surface area contributed by atoms with Crippen LogP contribution in [0.25, 0.3) is 0 Å². The van der Waals surface area contributed by atoms with Gasteiger partial charge in [-0.3, -0.25) is 9.48 Å². The van der Waals surface area contributed by atoms with E-state index in [9.17, 15) is 4.79 Å². The molecule has 2 atom stereocenters. The number of benzene rings is 1. The summed E-state index contributed by atoms with van der Waals surface area (Å²) in [4.78, 5) is 15.1. The summed E-state index contributed by atoms with van der Waals surface area (Å²) in [5, 5.41) is 4.41. The molecule has 3 rings (SSSR count). The Kier molecular flexibility index (Phi) is 5.23. The number of aromatic nitrogens is 2. The third kappa shape index (κ3) is 3.76. The van der Waals surface area contributed by atoms with Gasteiger partial charge in [0.15, 0.2) is 0 Å². The zero-order valence-electron chi connectivity index (χ0n) is 15.5. The van der Waals surface area contributed by atoms with Crippen LogP contribution in [-0.2, 0) is 11.3 Å². The highest BCUT2D eigenvalue weighted by atomic mass is 16.5. The van der Waals surface area contributed by atoms with Crippen molar-refractivity contribution in [3.63, 3.8) is 0 Å². The van der Waals surface area contributed by atoms with Crippen LogP contribution in [-0.4, -0.2) is 39.8 Å². The van der Waals surface area contributed by atoms with Gasteiger partial charge in [0.2, 0.25) is 0 Å². The summed E-state index contributed by atoms with van der Waals surface area (Å²) in [5.41, 5.74) is 2.65. The molecular formula is C20H27N3O2. The molecule has 0 spiro atoms. The Labute approximate surface area is 149 Å². The Bertz CT molecular complexity index is 724. The van der Waals surface area contributed by atoms with E-state index in [1.807, 2.05) is 43.0 Å². The van der Waals surface area contributed by atoms with E-state index in [2.05, 4.69) is 31.1 Å². The second-order valence-corrected chi connectivity index (χ2v) is 7.01. The van der Waals surface area contributed by atoms with E-state index in [1.165, 1.54) is 0 Å². The second kappa shape index (κ2) is 7.40. The zero-order valence-corrected chi connectivity index (χ0v) is 15.5. The highest BCUT2D eigenvalue weighted by Gasteiger charge is 2.34. The molecule has 1 aromatic carbocycles. The Balaban J connectivity index is 1.87. The van der Waals surface area contributed by atoms with Gasteiger partial charge in [0, 0.05) is 13.1 Å². The third-order valence-electron chi connectivity index (χ3n) is 4.75. The van der Waals surface area contributed by atoms with Gasteiger partial charge in [-0.15, -0.1) is 0 Å². The lowest BCUT2D eigenvalue weighted by atomic mass is 10.0. The van der Waals surface area contributed by atoms with Gasteiger partial charge < -0.3 is 9.64 Å². The zero-order chi connectivity index (χ0) is 18.0. The summed E-state index contributed by atoms with van der Waals surface area (Å²) >= 11 is 0. The van der Waals surface area contributed by atoms with Crippen LogP contribution in [0.5, 0.6) is 0 Å². The lowest BCUT2D eigenvalue weighted by molar-refractivity contribution is -0.0956. The van der Waals surface area contributed by atoms with Crippen molar-refractivity contribution in [2.45, 2.75) is 46.4 Å². The summed E-state index contributed by atoms with van der Waals surface area (Å²) in [6, 6.07) is 12.0. The van der Waals surface area contributed by atoms with Crippen molar-refractivity contribution in [2.24, 2.45) is 5.92 Å². The lowest BCUT2D eigenvalue weighted by Gasteiger charge is -2.40. The maximum absolute atomic E-state index is 13.1. The predicted octanol–water partition coefficient (Wildman–Crippen LogP) is 3.45. The monoisotopic (exact) mass is 341 g/mol. The maximum atomic E-state index is 13.1. The topological polar surface area (TPSA) is 47.4 Å². The number of rotatable bonds is 4. The fourth-order valence-corrected chi connectivity index (χ4v) is 3.30. The molecule has 1 saturated heterocycles. The summed E-state index contributed by atoms with van der Waals surface area (Å²) in [5.74, 6) is 0.386. The minimum absolute atomic E-state index is 0.0296. The quantitative estimate of drug-likeness (QED) is 0.856. The molecule has 1 fully saturated rings. The molecule has 0 saturated carbocycles. The molecule has 5 nitrogen and oxygen atoms in total. The molecule has 2 heterocycles. The first-order valence-electron chi connectivity index (χ1n) is 9.03. The smallest absolute Gasteiger partial charge is 0.272 e. The first-order chi connectivity index (χ1) is 12.0. The van der Waals surface area contributed by atoms with E-state index in [-0.39, 0.29) is 18.1 Å². The molecule has 0 bridgehead atoms. The summed E-state index contributed by atoms with van der Waals surface area (Å²) in [6.45, 7) is 10.1. The van der Waals surface area contributed by atoms with Crippen LogP contribution in [0.3, 0.4) is 0 Å². The van der Waals surface area contributed by atoms with Gasteiger partial charge in [-0.05, 0) is 31.4 Å². The Morgan fingerprint density at radius 1 is 1.28 bits per heavy atom. The van der Waals surface area contributed by atoms with Crippen LogP contribution in [0.2, 0.25) is 0 Å². The van der Waals surface area contributed by atoms with E-state index in [4.69, 9.17) is 4.74 Å². The number of hydrogen-bond donors (Lipinski definition) is 0. The van der Waals surface area contributed by atoms with E-state index >= 15 is 0 Å². The fraction of sp³-hybridized carbons (Fsp3) is 0.500. The standard InChI is InChI=1S/C20H27N3O2/c1-5-23-17(11-15(4)21-23)20(24)22-12-18(14(2)3)25-19(13-22)16-9-7-6-8-10-16/h6-11,14,18-19H,5,12-13H2,1-4H3/t18-,19+/m1/s1. The number of ether oxygens (including phenoxy) is 1. The molecule has 0 unspecified atom stereocenters. The molecule has 25 heavy (non-hydrogen) atoms. The van der Waals surface area contributed by atoms with Crippen LogP contribution >= 0.6 is 0 Å². The molecule has 1 aromatic heterocycles. The van der Waals surface area contributed by atoms with E-state index in [1.54, 1.807) is 4.68 Å². The van der Waals surface area contributed by atoms with Gasteiger partial charge in [0.25, 0.3) is 5.91 Å². The van der Waals surface area contributed by atoms with Crippen LogP contribution in [0.1, 0.15) is 48.6 Å². The van der Waals surface area contributed by atoms with Crippen LogP contribution < -0.4 is 0 Å².